The van der Waals surface area contributed by atoms with Crippen molar-refractivity contribution in [1.82, 2.24) is 24.6 Å². The quantitative estimate of drug-likeness (QED) is 0.383. The van der Waals surface area contributed by atoms with Gasteiger partial charge in [0.2, 0.25) is 0 Å². The monoisotopic (exact) mass is 493 g/mol. The Bertz CT molecular complexity index is 1110. The van der Waals surface area contributed by atoms with E-state index in [0.717, 1.165) is 47.6 Å². The van der Waals surface area contributed by atoms with Crippen LogP contribution in [0.4, 0.5) is 17.2 Å². The Labute approximate surface area is 194 Å². The van der Waals surface area contributed by atoms with Gasteiger partial charge in [0, 0.05) is 0 Å². The Balaban J connectivity index is 1.45. The van der Waals surface area contributed by atoms with Gasteiger partial charge in [-0.2, -0.15) is 0 Å². The molecule has 9 heteroatoms. The Kier molecular flexibility index (Phi) is 7.02. The van der Waals surface area contributed by atoms with Crippen molar-refractivity contribution in [2.24, 2.45) is 0 Å². The molecule has 8 nitrogen and oxygen atoms in total. The Morgan fingerprint density at radius 1 is 1.25 bits per heavy atom. The zero-order chi connectivity index (χ0) is 22.5. The van der Waals surface area contributed by atoms with Crippen molar-refractivity contribution in [3.63, 3.8) is 0 Å². The third-order valence-electron chi connectivity index (χ3n) is 5.47. The SMILES string of the molecule is C=CC(=O)Nc1cccc(Nc2nc([AsH]c3cnn(C4CCN(C)CC4)c3)ncc2C)c1. The number of piperidine rings is 1. The molecule has 32 heavy (non-hydrogen) atoms. The second-order valence-corrected chi connectivity index (χ2v) is 10.7. The molecule has 1 fully saturated rings. The van der Waals surface area contributed by atoms with Crippen LogP contribution in [0.5, 0.6) is 0 Å². The maximum absolute atomic E-state index is 11.6. The fraction of sp³-hybridized carbons (Fsp3) is 0.304. The molecule has 4 rings (SSSR count). The van der Waals surface area contributed by atoms with E-state index in [2.05, 4.69) is 50.1 Å². The van der Waals surface area contributed by atoms with E-state index < -0.39 is 15.8 Å². The third kappa shape index (κ3) is 5.63. The summed E-state index contributed by atoms with van der Waals surface area (Å²) in [7, 11) is 2.17. The molecular formula is C23H28AsN7O. The molecule has 0 aliphatic carbocycles. The summed E-state index contributed by atoms with van der Waals surface area (Å²) in [6.07, 6.45) is 9.54. The van der Waals surface area contributed by atoms with E-state index in [4.69, 9.17) is 4.98 Å². The summed E-state index contributed by atoms with van der Waals surface area (Å²) in [5, 5.41) is 10.8. The Morgan fingerprint density at radius 2 is 2.03 bits per heavy atom. The van der Waals surface area contributed by atoms with E-state index in [1.54, 1.807) is 0 Å². The third-order valence-corrected chi connectivity index (χ3v) is 7.59. The maximum atomic E-state index is 11.6. The number of likely N-dealkylation sites (tertiary alicyclic amines) is 1. The molecule has 0 saturated carbocycles. The van der Waals surface area contributed by atoms with Crippen LogP contribution in [0.2, 0.25) is 0 Å². The minimum atomic E-state index is -0.690. The molecule has 3 aromatic rings. The van der Waals surface area contributed by atoms with Gasteiger partial charge in [-0.3, -0.25) is 0 Å². The van der Waals surface area contributed by atoms with Gasteiger partial charge in [0.05, 0.1) is 0 Å². The van der Waals surface area contributed by atoms with E-state index in [-0.39, 0.29) is 5.91 Å². The van der Waals surface area contributed by atoms with Crippen LogP contribution in [-0.4, -0.2) is 66.4 Å². The second kappa shape index (κ2) is 10.1. The number of aromatic nitrogens is 4. The first kappa shape index (κ1) is 22.2. The van der Waals surface area contributed by atoms with Gasteiger partial charge in [0.1, 0.15) is 0 Å². The molecule has 3 heterocycles. The summed E-state index contributed by atoms with van der Waals surface area (Å²) >= 11 is -0.690. The van der Waals surface area contributed by atoms with Gasteiger partial charge in [-0.05, 0) is 0 Å². The average Bonchev–Trinajstić information content (AvgIpc) is 3.25. The molecule has 0 spiro atoms. The number of hydrogen-bond donors (Lipinski definition) is 2. The van der Waals surface area contributed by atoms with Crippen LogP contribution in [0, 0.1) is 6.92 Å². The summed E-state index contributed by atoms with van der Waals surface area (Å²) in [4.78, 5) is 23.3. The van der Waals surface area contributed by atoms with Crippen LogP contribution in [0.15, 0.2) is 55.5 Å². The van der Waals surface area contributed by atoms with Crippen LogP contribution in [0.1, 0.15) is 24.4 Å². The number of nitrogens with zero attached hydrogens (tertiary/aromatic N) is 5. The zero-order valence-electron chi connectivity index (χ0n) is 18.4. The number of hydrogen-bond acceptors (Lipinski definition) is 6. The zero-order valence-corrected chi connectivity index (χ0v) is 20.5. The number of amides is 1. The molecule has 0 radical (unpaired) electrons. The first-order valence-electron chi connectivity index (χ1n) is 10.6. The molecule has 2 N–H and O–H groups in total. The summed E-state index contributed by atoms with van der Waals surface area (Å²) in [6.45, 7) is 7.70. The van der Waals surface area contributed by atoms with Crippen LogP contribution in [-0.2, 0) is 4.79 Å². The van der Waals surface area contributed by atoms with Gasteiger partial charge in [-0.25, -0.2) is 0 Å². The summed E-state index contributed by atoms with van der Waals surface area (Å²) < 4.78 is 4.22. The molecule has 1 aromatic carbocycles. The summed E-state index contributed by atoms with van der Waals surface area (Å²) in [5.74, 6) is 0.530. The van der Waals surface area contributed by atoms with Gasteiger partial charge < -0.3 is 0 Å². The predicted molar refractivity (Wildman–Crippen MR) is 130 cm³/mol. The topological polar surface area (TPSA) is 88.0 Å². The standard InChI is InChI=1S/C23H28AsN7O/c1-4-21(32)27-18-6-5-7-19(12-18)28-22-16(2)13-25-23(29-22)24-17-14-26-31(15-17)20-8-10-30(3)11-9-20/h4-7,12-15,20,24H,1,8-11H2,2-3H3,(H,27,32)(H,25,28,29). The fourth-order valence-electron chi connectivity index (χ4n) is 3.62. The molecular weight excluding hydrogens is 465 g/mol. The predicted octanol–water partition coefficient (Wildman–Crippen LogP) is 1.50. The van der Waals surface area contributed by atoms with Crippen molar-refractivity contribution in [1.29, 1.82) is 0 Å². The molecule has 1 aliphatic heterocycles. The molecule has 1 atom stereocenters. The minimum absolute atomic E-state index is 0.242. The molecule has 1 saturated heterocycles. The Morgan fingerprint density at radius 3 is 2.81 bits per heavy atom. The van der Waals surface area contributed by atoms with Crippen molar-refractivity contribution in [2.75, 3.05) is 30.8 Å². The Hall–Kier alpha value is -2.96. The van der Waals surface area contributed by atoms with Crippen LogP contribution >= 0.6 is 0 Å². The number of benzene rings is 1. The van der Waals surface area contributed by atoms with Crippen molar-refractivity contribution in [2.45, 2.75) is 25.8 Å². The number of carbonyl (C=O) groups excluding carboxylic acids is 1. The van der Waals surface area contributed by atoms with Gasteiger partial charge in [-0.1, -0.05) is 0 Å². The van der Waals surface area contributed by atoms with E-state index >= 15 is 0 Å². The van der Waals surface area contributed by atoms with Crippen molar-refractivity contribution in [3.05, 3.63) is 61.1 Å². The number of nitrogens with one attached hydrogen (secondary N) is 2. The number of carbonyl (C=O) groups is 1. The van der Waals surface area contributed by atoms with Gasteiger partial charge in [0.15, 0.2) is 0 Å². The average molecular weight is 493 g/mol. The van der Waals surface area contributed by atoms with Crippen molar-refractivity contribution in [3.8, 4) is 0 Å². The van der Waals surface area contributed by atoms with E-state index in [0.29, 0.717) is 11.7 Å². The summed E-state index contributed by atoms with van der Waals surface area (Å²) in [6, 6.07) is 8.00. The molecule has 1 amide bonds. The number of rotatable bonds is 7. The van der Waals surface area contributed by atoms with E-state index in [9.17, 15) is 4.79 Å². The van der Waals surface area contributed by atoms with Crippen LogP contribution in [0.3, 0.4) is 0 Å². The first-order chi connectivity index (χ1) is 15.5. The van der Waals surface area contributed by atoms with Crippen molar-refractivity contribution >= 4 is 47.8 Å². The summed E-state index contributed by atoms with van der Waals surface area (Å²) in [5.41, 5.74) is 2.50. The molecule has 166 valence electrons. The molecule has 2 aromatic heterocycles. The van der Waals surface area contributed by atoms with Gasteiger partial charge >= 0.3 is 195 Å². The normalized spacial score (nSPS) is 15.2. The van der Waals surface area contributed by atoms with Crippen LogP contribution in [0.25, 0.3) is 0 Å². The molecule has 1 aliphatic rings. The molecule has 0 bridgehead atoms. The molecule has 1 unspecified atom stereocenters. The second-order valence-electron chi connectivity index (χ2n) is 7.99. The van der Waals surface area contributed by atoms with E-state index in [1.165, 1.54) is 10.4 Å². The number of aryl methyl sites for hydroxylation is 1. The van der Waals surface area contributed by atoms with Crippen LogP contribution < -0.4 is 19.6 Å². The fourth-order valence-corrected chi connectivity index (χ4v) is 5.46. The van der Waals surface area contributed by atoms with E-state index in [1.807, 2.05) is 43.6 Å². The van der Waals surface area contributed by atoms with Crippen molar-refractivity contribution < 1.29 is 4.79 Å². The number of anilines is 3. The first-order valence-corrected chi connectivity index (χ1v) is 12.7. The van der Waals surface area contributed by atoms with Gasteiger partial charge in [0.25, 0.3) is 0 Å². The van der Waals surface area contributed by atoms with Gasteiger partial charge in [-0.15, -0.1) is 0 Å².